The first kappa shape index (κ1) is 15.5. The van der Waals surface area contributed by atoms with Crippen LogP contribution in [0.4, 0.5) is 0 Å². The number of aliphatic hydroxyl groups is 1. The normalized spacial score (nSPS) is 18.5. The van der Waals surface area contributed by atoms with Crippen molar-refractivity contribution in [2.45, 2.75) is 18.9 Å². The maximum Gasteiger partial charge on any atom is 0.0929 e. The summed E-state index contributed by atoms with van der Waals surface area (Å²) in [7, 11) is 0. The van der Waals surface area contributed by atoms with E-state index in [1.54, 1.807) is 18.2 Å². The lowest BCUT2D eigenvalue weighted by atomic mass is 10.0. The van der Waals surface area contributed by atoms with Crippen molar-refractivity contribution in [3.8, 4) is 0 Å². The summed E-state index contributed by atoms with van der Waals surface area (Å²) in [6, 6.07) is 5.18. The summed E-state index contributed by atoms with van der Waals surface area (Å²) in [5.41, 5.74) is 0.695. The number of hydrogen-bond acceptors (Lipinski definition) is 3. The predicted octanol–water partition coefficient (Wildman–Crippen LogP) is 3.76. The molecule has 0 saturated carbocycles. The molecule has 2 rings (SSSR count). The van der Waals surface area contributed by atoms with Gasteiger partial charge in [0.1, 0.15) is 0 Å². The van der Waals surface area contributed by atoms with Crippen molar-refractivity contribution in [1.29, 1.82) is 0 Å². The molecule has 1 aromatic carbocycles. The fourth-order valence-electron chi connectivity index (χ4n) is 2.25. The molecule has 1 heterocycles. The highest BCUT2D eigenvalue weighted by molar-refractivity contribution is 7.99. The first-order valence-electron chi connectivity index (χ1n) is 6.58. The molecule has 1 saturated heterocycles. The Kier molecular flexibility index (Phi) is 6.30. The topological polar surface area (TPSA) is 32.3 Å². The molecule has 0 radical (unpaired) electrons. The second-order valence-corrected chi connectivity index (χ2v) is 6.96. The van der Waals surface area contributed by atoms with E-state index in [2.05, 4.69) is 5.32 Å². The molecule has 106 valence electrons. The Morgan fingerprint density at radius 1 is 1.32 bits per heavy atom. The van der Waals surface area contributed by atoms with Crippen LogP contribution >= 0.6 is 35.0 Å². The Morgan fingerprint density at radius 3 is 2.79 bits per heavy atom. The molecular formula is C14H19Cl2NOS. The standard InChI is InChI=1S/C14H19Cl2NOS/c15-11-1-2-13(16)12(7-11)14(18)9-17-8-10-3-5-19-6-4-10/h1-2,7,10,14,17-18H,3-6,8-9H2. The van der Waals surface area contributed by atoms with Crippen LogP contribution in [0, 0.1) is 5.92 Å². The lowest BCUT2D eigenvalue weighted by Crippen LogP contribution is -2.29. The van der Waals surface area contributed by atoms with Crippen LogP contribution in [0.2, 0.25) is 10.0 Å². The van der Waals surface area contributed by atoms with Crippen molar-refractivity contribution in [1.82, 2.24) is 5.32 Å². The molecule has 1 atom stereocenters. The molecule has 1 aliphatic rings. The monoisotopic (exact) mass is 319 g/mol. The molecule has 1 aliphatic heterocycles. The van der Waals surface area contributed by atoms with Gasteiger partial charge in [0.25, 0.3) is 0 Å². The number of benzene rings is 1. The largest absolute Gasteiger partial charge is 0.387 e. The van der Waals surface area contributed by atoms with Crippen molar-refractivity contribution < 1.29 is 5.11 Å². The van der Waals surface area contributed by atoms with E-state index in [9.17, 15) is 5.11 Å². The molecule has 1 aromatic rings. The molecule has 0 amide bonds. The zero-order valence-electron chi connectivity index (χ0n) is 10.7. The molecular weight excluding hydrogens is 301 g/mol. The molecule has 1 fully saturated rings. The van der Waals surface area contributed by atoms with E-state index in [0.29, 0.717) is 22.2 Å². The fraction of sp³-hybridized carbons (Fsp3) is 0.571. The number of thioether (sulfide) groups is 1. The van der Waals surface area contributed by atoms with Gasteiger partial charge in [-0.15, -0.1) is 0 Å². The number of aliphatic hydroxyl groups excluding tert-OH is 1. The van der Waals surface area contributed by atoms with Gasteiger partial charge in [-0.1, -0.05) is 23.2 Å². The van der Waals surface area contributed by atoms with Crippen molar-refractivity contribution >= 4 is 35.0 Å². The molecule has 0 bridgehead atoms. The quantitative estimate of drug-likeness (QED) is 0.866. The molecule has 0 aliphatic carbocycles. The van der Waals surface area contributed by atoms with Gasteiger partial charge in [-0.25, -0.2) is 0 Å². The third kappa shape index (κ3) is 4.83. The summed E-state index contributed by atoms with van der Waals surface area (Å²) in [5.74, 6) is 3.26. The maximum absolute atomic E-state index is 10.1. The van der Waals surface area contributed by atoms with Crippen LogP contribution in [0.3, 0.4) is 0 Å². The van der Waals surface area contributed by atoms with Crippen LogP contribution in [0.25, 0.3) is 0 Å². The molecule has 2 N–H and O–H groups in total. The minimum absolute atomic E-state index is 0.518. The Hall–Kier alpha value is 0.0700. The van der Waals surface area contributed by atoms with Gasteiger partial charge in [0.05, 0.1) is 6.10 Å². The Balaban J connectivity index is 1.80. The number of nitrogens with one attached hydrogen (secondary N) is 1. The maximum atomic E-state index is 10.1. The predicted molar refractivity (Wildman–Crippen MR) is 84.3 cm³/mol. The van der Waals surface area contributed by atoms with Crippen LogP contribution in [0.15, 0.2) is 18.2 Å². The number of halogens is 2. The molecule has 2 nitrogen and oxygen atoms in total. The zero-order valence-corrected chi connectivity index (χ0v) is 13.1. The van der Waals surface area contributed by atoms with Crippen LogP contribution in [-0.2, 0) is 0 Å². The van der Waals surface area contributed by atoms with Crippen LogP contribution in [-0.4, -0.2) is 29.7 Å². The fourth-order valence-corrected chi connectivity index (χ4v) is 3.88. The van der Waals surface area contributed by atoms with Crippen LogP contribution in [0.1, 0.15) is 24.5 Å². The molecule has 19 heavy (non-hydrogen) atoms. The second kappa shape index (κ2) is 7.75. The highest BCUT2D eigenvalue weighted by Gasteiger charge is 2.15. The van der Waals surface area contributed by atoms with Gasteiger partial charge in [0, 0.05) is 22.2 Å². The Bertz CT molecular complexity index is 410. The van der Waals surface area contributed by atoms with Crippen molar-refractivity contribution in [2.75, 3.05) is 24.6 Å². The van der Waals surface area contributed by atoms with Gasteiger partial charge in [-0.3, -0.25) is 0 Å². The summed E-state index contributed by atoms with van der Waals surface area (Å²) < 4.78 is 0. The van der Waals surface area contributed by atoms with E-state index < -0.39 is 6.10 Å². The SMILES string of the molecule is OC(CNCC1CCSCC1)c1cc(Cl)ccc1Cl. The second-order valence-electron chi connectivity index (χ2n) is 4.90. The van der Waals surface area contributed by atoms with E-state index in [-0.39, 0.29) is 0 Å². The minimum atomic E-state index is -0.607. The molecule has 5 heteroatoms. The van der Waals surface area contributed by atoms with Gasteiger partial charge in [0.15, 0.2) is 0 Å². The van der Waals surface area contributed by atoms with Crippen LogP contribution in [0.5, 0.6) is 0 Å². The Morgan fingerprint density at radius 2 is 2.05 bits per heavy atom. The van der Waals surface area contributed by atoms with E-state index in [4.69, 9.17) is 23.2 Å². The van der Waals surface area contributed by atoms with Crippen molar-refractivity contribution in [3.63, 3.8) is 0 Å². The first-order valence-corrected chi connectivity index (χ1v) is 8.49. The smallest absolute Gasteiger partial charge is 0.0929 e. The third-order valence-corrected chi connectivity index (χ3v) is 5.06. The van der Waals surface area contributed by atoms with Gasteiger partial charge in [-0.2, -0.15) is 11.8 Å². The average Bonchev–Trinajstić information content (AvgIpc) is 2.42. The molecule has 1 unspecified atom stereocenters. The number of hydrogen-bond donors (Lipinski definition) is 2. The minimum Gasteiger partial charge on any atom is -0.387 e. The lowest BCUT2D eigenvalue weighted by Gasteiger charge is -2.22. The summed E-state index contributed by atoms with van der Waals surface area (Å²) in [4.78, 5) is 0. The third-order valence-electron chi connectivity index (χ3n) is 3.43. The summed E-state index contributed by atoms with van der Waals surface area (Å²) in [5, 5.41) is 14.6. The number of rotatable bonds is 5. The Labute approximate surface area is 128 Å². The molecule has 0 spiro atoms. The van der Waals surface area contributed by atoms with Gasteiger partial charge in [0.2, 0.25) is 0 Å². The van der Waals surface area contributed by atoms with Gasteiger partial charge >= 0.3 is 0 Å². The summed E-state index contributed by atoms with van der Waals surface area (Å²) in [6.45, 7) is 1.49. The highest BCUT2D eigenvalue weighted by Crippen LogP contribution is 2.26. The average molecular weight is 320 g/mol. The van der Waals surface area contributed by atoms with Gasteiger partial charge in [-0.05, 0) is 55.0 Å². The van der Waals surface area contributed by atoms with E-state index >= 15 is 0 Å². The van der Waals surface area contributed by atoms with E-state index in [1.807, 2.05) is 11.8 Å². The van der Waals surface area contributed by atoms with Crippen LogP contribution < -0.4 is 5.32 Å². The summed E-state index contributed by atoms with van der Waals surface area (Å²) >= 11 is 14.0. The highest BCUT2D eigenvalue weighted by atomic mass is 35.5. The van der Waals surface area contributed by atoms with E-state index in [1.165, 1.54) is 24.3 Å². The van der Waals surface area contributed by atoms with E-state index in [0.717, 1.165) is 12.5 Å². The molecule has 0 aromatic heterocycles. The van der Waals surface area contributed by atoms with Crippen molar-refractivity contribution in [2.24, 2.45) is 5.92 Å². The lowest BCUT2D eigenvalue weighted by molar-refractivity contribution is 0.172. The van der Waals surface area contributed by atoms with Crippen molar-refractivity contribution in [3.05, 3.63) is 33.8 Å². The van der Waals surface area contributed by atoms with Gasteiger partial charge < -0.3 is 10.4 Å². The summed E-state index contributed by atoms with van der Waals surface area (Å²) in [6.07, 6.45) is 1.93. The first-order chi connectivity index (χ1) is 9.16. The zero-order chi connectivity index (χ0) is 13.7.